The van der Waals surface area contributed by atoms with E-state index >= 15 is 0 Å². The Labute approximate surface area is 143 Å². The molecule has 1 aliphatic rings. The van der Waals surface area contributed by atoms with Crippen LogP contribution in [0.2, 0.25) is 0 Å². The van der Waals surface area contributed by atoms with Gasteiger partial charge < -0.3 is 10.1 Å². The van der Waals surface area contributed by atoms with Gasteiger partial charge in [-0.25, -0.2) is 0 Å². The molecule has 1 saturated heterocycles. The van der Waals surface area contributed by atoms with Crippen LogP contribution in [-0.2, 0) is 4.74 Å². The van der Waals surface area contributed by atoms with Crippen LogP contribution in [0.3, 0.4) is 0 Å². The molecule has 0 bridgehead atoms. The van der Waals surface area contributed by atoms with Crippen molar-refractivity contribution in [1.29, 1.82) is 0 Å². The molecule has 0 aliphatic carbocycles. The number of carbonyl (C=O) groups is 1. The Bertz CT molecular complexity index is 693. The minimum atomic E-state index is -0.000313. The van der Waals surface area contributed by atoms with Gasteiger partial charge in [0.25, 0.3) is 5.91 Å². The molecule has 0 unspecified atom stereocenters. The number of rotatable bonds is 5. The smallest absolute Gasteiger partial charge is 0.251 e. The highest BCUT2D eigenvalue weighted by Crippen LogP contribution is 2.16. The Morgan fingerprint density at radius 1 is 1.12 bits per heavy atom. The van der Waals surface area contributed by atoms with Gasteiger partial charge in [0.05, 0.1) is 13.2 Å². The predicted molar refractivity (Wildman–Crippen MR) is 97.3 cm³/mol. The van der Waals surface area contributed by atoms with Gasteiger partial charge in [-0.3, -0.25) is 9.69 Å². The zero-order chi connectivity index (χ0) is 16.9. The molecule has 0 radical (unpaired) electrons. The van der Waals surface area contributed by atoms with Crippen LogP contribution in [0.5, 0.6) is 0 Å². The van der Waals surface area contributed by atoms with Crippen molar-refractivity contribution in [1.82, 2.24) is 10.2 Å². The maximum atomic E-state index is 12.5. The molecular formula is C20H26N2O2. The van der Waals surface area contributed by atoms with Crippen LogP contribution in [0.4, 0.5) is 0 Å². The number of fused-ring (bicyclic) bond motifs is 1. The lowest BCUT2D eigenvalue weighted by atomic mass is 10.0. The van der Waals surface area contributed by atoms with Crippen LogP contribution in [-0.4, -0.2) is 49.7 Å². The zero-order valence-corrected chi connectivity index (χ0v) is 14.5. The number of ether oxygens (including phenoxy) is 1. The lowest BCUT2D eigenvalue weighted by molar-refractivity contribution is 0.00673. The number of carbonyl (C=O) groups excluding carboxylic acids is 1. The summed E-state index contributed by atoms with van der Waals surface area (Å²) in [6.45, 7) is 8.53. The maximum Gasteiger partial charge on any atom is 0.251 e. The van der Waals surface area contributed by atoms with E-state index in [-0.39, 0.29) is 5.91 Å². The second-order valence-electron chi connectivity index (χ2n) is 6.73. The van der Waals surface area contributed by atoms with E-state index in [1.807, 2.05) is 36.4 Å². The van der Waals surface area contributed by atoms with Crippen molar-refractivity contribution in [3.05, 3.63) is 48.0 Å². The Balaban J connectivity index is 1.65. The molecule has 1 aliphatic heterocycles. The third-order valence-corrected chi connectivity index (χ3v) is 4.77. The molecule has 3 rings (SSSR count). The first-order valence-corrected chi connectivity index (χ1v) is 8.74. The monoisotopic (exact) mass is 326 g/mol. The largest absolute Gasteiger partial charge is 0.379 e. The third kappa shape index (κ3) is 3.94. The van der Waals surface area contributed by atoms with E-state index in [9.17, 15) is 4.79 Å². The highest BCUT2D eigenvalue weighted by molar-refractivity contribution is 5.98. The molecule has 2 aromatic rings. The van der Waals surface area contributed by atoms with Crippen LogP contribution in [0.15, 0.2) is 42.5 Å². The van der Waals surface area contributed by atoms with Gasteiger partial charge in [0, 0.05) is 31.2 Å². The van der Waals surface area contributed by atoms with Crippen molar-refractivity contribution in [2.75, 3.05) is 32.8 Å². The van der Waals surface area contributed by atoms with Crippen LogP contribution in [0, 0.1) is 5.92 Å². The molecule has 1 amide bonds. The highest BCUT2D eigenvalue weighted by Gasteiger charge is 2.24. The predicted octanol–water partition coefficient (Wildman–Crippen LogP) is 2.93. The average molecular weight is 326 g/mol. The van der Waals surface area contributed by atoms with Gasteiger partial charge in [0.15, 0.2) is 0 Å². The summed E-state index contributed by atoms with van der Waals surface area (Å²) in [4.78, 5) is 15.0. The van der Waals surface area contributed by atoms with Crippen molar-refractivity contribution < 1.29 is 9.53 Å². The summed E-state index contributed by atoms with van der Waals surface area (Å²) in [5, 5.41) is 5.37. The van der Waals surface area contributed by atoms with E-state index < -0.39 is 0 Å². The van der Waals surface area contributed by atoms with Gasteiger partial charge in [-0.1, -0.05) is 44.2 Å². The number of benzene rings is 2. The Kier molecular flexibility index (Phi) is 5.48. The fraction of sp³-hybridized carbons (Fsp3) is 0.450. The van der Waals surface area contributed by atoms with Crippen LogP contribution < -0.4 is 5.32 Å². The summed E-state index contributed by atoms with van der Waals surface area (Å²) in [5.41, 5.74) is 0.721. The van der Waals surface area contributed by atoms with Gasteiger partial charge in [-0.05, 0) is 28.8 Å². The van der Waals surface area contributed by atoms with E-state index in [1.165, 1.54) is 0 Å². The third-order valence-electron chi connectivity index (χ3n) is 4.77. The number of nitrogens with one attached hydrogen (secondary N) is 1. The highest BCUT2D eigenvalue weighted by atomic mass is 16.5. The minimum Gasteiger partial charge on any atom is -0.379 e. The van der Waals surface area contributed by atoms with Gasteiger partial charge >= 0.3 is 0 Å². The lowest BCUT2D eigenvalue weighted by Gasteiger charge is -2.36. The molecule has 0 aromatic heterocycles. The fourth-order valence-corrected chi connectivity index (χ4v) is 3.33. The molecule has 128 valence electrons. The van der Waals surface area contributed by atoms with Crippen molar-refractivity contribution >= 4 is 16.7 Å². The number of hydrogen-bond acceptors (Lipinski definition) is 3. The second-order valence-corrected chi connectivity index (χ2v) is 6.73. The van der Waals surface area contributed by atoms with E-state index in [4.69, 9.17) is 4.74 Å². The van der Waals surface area contributed by atoms with Gasteiger partial charge in [-0.2, -0.15) is 0 Å². The maximum absolute atomic E-state index is 12.5. The van der Waals surface area contributed by atoms with E-state index in [0.717, 1.165) is 42.6 Å². The first kappa shape index (κ1) is 16.9. The quantitative estimate of drug-likeness (QED) is 0.918. The molecule has 1 heterocycles. The summed E-state index contributed by atoms with van der Waals surface area (Å²) < 4.78 is 5.44. The first-order valence-electron chi connectivity index (χ1n) is 8.74. The molecule has 1 atom stereocenters. The van der Waals surface area contributed by atoms with Crippen LogP contribution >= 0.6 is 0 Å². The van der Waals surface area contributed by atoms with Crippen LogP contribution in [0.25, 0.3) is 10.8 Å². The molecule has 24 heavy (non-hydrogen) atoms. The zero-order valence-electron chi connectivity index (χ0n) is 14.5. The molecule has 2 aromatic carbocycles. The molecule has 4 nitrogen and oxygen atoms in total. The number of morpholine rings is 1. The Hall–Kier alpha value is -1.91. The fourth-order valence-electron chi connectivity index (χ4n) is 3.33. The molecule has 1 N–H and O–H groups in total. The second kappa shape index (κ2) is 7.77. The van der Waals surface area contributed by atoms with Gasteiger partial charge in [0.2, 0.25) is 0 Å². The molecule has 1 fully saturated rings. The van der Waals surface area contributed by atoms with Gasteiger partial charge in [-0.15, -0.1) is 0 Å². The number of hydrogen-bond donors (Lipinski definition) is 1. The van der Waals surface area contributed by atoms with E-state index in [2.05, 4.69) is 30.1 Å². The normalized spacial score (nSPS) is 17.1. The Morgan fingerprint density at radius 3 is 2.54 bits per heavy atom. The Morgan fingerprint density at radius 2 is 1.83 bits per heavy atom. The molecule has 0 spiro atoms. The van der Waals surface area contributed by atoms with Crippen molar-refractivity contribution in [2.45, 2.75) is 19.9 Å². The van der Waals surface area contributed by atoms with Crippen molar-refractivity contribution in [3.63, 3.8) is 0 Å². The summed E-state index contributed by atoms with van der Waals surface area (Å²) in [6.07, 6.45) is 0. The number of nitrogens with zero attached hydrogens (tertiary/aromatic N) is 1. The standard InChI is InChI=1S/C20H26N2O2/c1-15(2)19(22-9-11-24-12-10-22)14-21-20(23)18-8-7-16-5-3-4-6-17(16)13-18/h3-8,13,15,19H,9-12,14H2,1-2H3,(H,21,23)/t19-/m1/s1. The van der Waals surface area contributed by atoms with Gasteiger partial charge in [0.1, 0.15) is 0 Å². The summed E-state index contributed by atoms with van der Waals surface area (Å²) in [5.74, 6) is 0.486. The summed E-state index contributed by atoms with van der Waals surface area (Å²) in [7, 11) is 0. The number of amides is 1. The van der Waals surface area contributed by atoms with E-state index in [1.54, 1.807) is 0 Å². The van der Waals surface area contributed by atoms with Crippen molar-refractivity contribution in [3.8, 4) is 0 Å². The van der Waals surface area contributed by atoms with E-state index in [0.29, 0.717) is 18.5 Å². The SMILES string of the molecule is CC(C)[C@@H](CNC(=O)c1ccc2ccccc2c1)N1CCOCC1. The lowest BCUT2D eigenvalue weighted by Crippen LogP contribution is -2.51. The summed E-state index contributed by atoms with van der Waals surface area (Å²) >= 11 is 0. The topological polar surface area (TPSA) is 41.6 Å². The average Bonchev–Trinajstić information content (AvgIpc) is 2.62. The molecular weight excluding hydrogens is 300 g/mol. The molecule has 0 saturated carbocycles. The summed E-state index contributed by atoms with van der Waals surface area (Å²) in [6, 6.07) is 14.3. The van der Waals surface area contributed by atoms with Crippen LogP contribution in [0.1, 0.15) is 24.2 Å². The first-order chi connectivity index (χ1) is 11.6. The molecule has 4 heteroatoms. The van der Waals surface area contributed by atoms with Crippen molar-refractivity contribution in [2.24, 2.45) is 5.92 Å². The minimum absolute atomic E-state index is 0.000313.